The minimum atomic E-state index is -0.849. The first-order valence-corrected chi connectivity index (χ1v) is 6.97. The van der Waals surface area contributed by atoms with E-state index in [2.05, 4.69) is 10.3 Å². The molecule has 5 nitrogen and oxygen atoms in total. The number of ether oxygens (including phenoxy) is 1. The molecule has 0 fully saturated rings. The van der Waals surface area contributed by atoms with Crippen molar-refractivity contribution >= 4 is 22.4 Å². The van der Waals surface area contributed by atoms with Gasteiger partial charge in [0, 0.05) is 18.5 Å². The number of hydrogen-bond acceptors (Lipinski definition) is 5. The SMILES string of the molecule is CC(C)OCCCCNc1nc(CC(=O)O)cs1. The summed E-state index contributed by atoms with van der Waals surface area (Å²) in [6, 6.07) is 0. The molecule has 0 amide bonds. The van der Waals surface area contributed by atoms with Crippen LogP contribution in [0.15, 0.2) is 5.38 Å². The monoisotopic (exact) mass is 272 g/mol. The van der Waals surface area contributed by atoms with Gasteiger partial charge in [-0.1, -0.05) is 0 Å². The number of carboxylic acid groups (broad SMARTS) is 1. The molecular formula is C12H20N2O3S. The van der Waals surface area contributed by atoms with Crippen molar-refractivity contribution in [2.45, 2.75) is 39.2 Å². The molecule has 102 valence electrons. The highest BCUT2D eigenvalue weighted by Crippen LogP contribution is 2.15. The minimum Gasteiger partial charge on any atom is -0.481 e. The Hall–Kier alpha value is -1.14. The van der Waals surface area contributed by atoms with E-state index in [-0.39, 0.29) is 12.5 Å². The largest absolute Gasteiger partial charge is 0.481 e. The molecule has 0 aromatic carbocycles. The van der Waals surface area contributed by atoms with Crippen LogP contribution in [0.4, 0.5) is 5.13 Å². The van der Waals surface area contributed by atoms with Gasteiger partial charge in [0.25, 0.3) is 0 Å². The number of carboxylic acids is 1. The zero-order valence-electron chi connectivity index (χ0n) is 10.8. The van der Waals surface area contributed by atoms with Crippen LogP contribution in [0.3, 0.4) is 0 Å². The van der Waals surface area contributed by atoms with Gasteiger partial charge in [-0.05, 0) is 26.7 Å². The van der Waals surface area contributed by atoms with Gasteiger partial charge in [-0.15, -0.1) is 11.3 Å². The second-order valence-corrected chi connectivity index (χ2v) is 5.13. The standard InChI is InChI=1S/C12H20N2O3S/c1-9(2)17-6-4-3-5-13-12-14-10(8-18-12)7-11(15)16/h8-9H,3-7H2,1-2H3,(H,13,14)(H,15,16). The summed E-state index contributed by atoms with van der Waals surface area (Å²) >= 11 is 1.44. The number of thiazole rings is 1. The highest BCUT2D eigenvalue weighted by molar-refractivity contribution is 7.13. The van der Waals surface area contributed by atoms with Gasteiger partial charge in [0.05, 0.1) is 18.2 Å². The number of nitrogens with zero attached hydrogens (tertiary/aromatic N) is 1. The first-order valence-electron chi connectivity index (χ1n) is 6.09. The fourth-order valence-electron chi connectivity index (χ4n) is 1.37. The minimum absolute atomic E-state index is 0.0135. The predicted octanol–water partition coefficient (Wildman–Crippen LogP) is 2.39. The first kappa shape index (κ1) is 14.9. The molecule has 0 aliphatic rings. The molecule has 0 unspecified atom stereocenters. The maximum absolute atomic E-state index is 10.5. The van der Waals surface area contributed by atoms with Gasteiger partial charge < -0.3 is 15.2 Å². The van der Waals surface area contributed by atoms with Crippen LogP contribution in [-0.4, -0.2) is 35.3 Å². The lowest BCUT2D eigenvalue weighted by Gasteiger charge is -2.07. The Morgan fingerprint density at radius 2 is 2.33 bits per heavy atom. The maximum Gasteiger partial charge on any atom is 0.309 e. The number of aromatic nitrogens is 1. The number of aliphatic carboxylic acids is 1. The Morgan fingerprint density at radius 1 is 1.56 bits per heavy atom. The fraction of sp³-hybridized carbons (Fsp3) is 0.667. The molecular weight excluding hydrogens is 252 g/mol. The maximum atomic E-state index is 10.5. The molecule has 1 heterocycles. The predicted molar refractivity (Wildman–Crippen MR) is 72.3 cm³/mol. The van der Waals surface area contributed by atoms with E-state index >= 15 is 0 Å². The van der Waals surface area contributed by atoms with Crippen LogP contribution in [0.5, 0.6) is 0 Å². The van der Waals surface area contributed by atoms with Crippen LogP contribution in [0.25, 0.3) is 0 Å². The topological polar surface area (TPSA) is 71.5 Å². The molecule has 0 spiro atoms. The summed E-state index contributed by atoms with van der Waals surface area (Å²) in [5.74, 6) is -0.849. The lowest BCUT2D eigenvalue weighted by Crippen LogP contribution is -2.07. The summed E-state index contributed by atoms with van der Waals surface area (Å²) in [4.78, 5) is 14.7. The van der Waals surface area contributed by atoms with E-state index in [1.54, 1.807) is 5.38 Å². The third-order valence-corrected chi connectivity index (χ3v) is 3.03. The number of carbonyl (C=O) groups is 1. The normalized spacial score (nSPS) is 10.8. The third kappa shape index (κ3) is 6.56. The van der Waals surface area contributed by atoms with Gasteiger partial charge in [-0.3, -0.25) is 4.79 Å². The summed E-state index contributed by atoms with van der Waals surface area (Å²) in [7, 11) is 0. The number of unbranched alkanes of at least 4 members (excludes halogenated alkanes) is 1. The van der Waals surface area contributed by atoms with Crippen molar-refractivity contribution in [3.05, 3.63) is 11.1 Å². The molecule has 0 radical (unpaired) electrons. The molecule has 6 heteroatoms. The quantitative estimate of drug-likeness (QED) is 0.675. The van der Waals surface area contributed by atoms with Gasteiger partial charge in [0.15, 0.2) is 5.13 Å². The molecule has 18 heavy (non-hydrogen) atoms. The summed E-state index contributed by atoms with van der Waals surface area (Å²) < 4.78 is 5.44. The van der Waals surface area contributed by atoms with Crippen molar-refractivity contribution < 1.29 is 14.6 Å². The Morgan fingerprint density at radius 3 is 3.00 bits per heavy atom. The van der Waals surface area contributed by atoms with Crippen LogP contribution in [-0.2, 0) is 16.0 Å². The van der Waals surface area contributed by atoms with Crippen molar-refractivity contribution in [3.63, 3.8) is 0 Å². The van der Waals surface area contributed by atoms with E-state index < -0.39 is 5.97 Å². The van der Waals surface area contributed by atoms with Crippen molar-refractivity contribution in [2.24, 2.45) is 0 Å². The summed E-state index contributed by atoms with van der Waals surface area (Å²) in [6.07, 6.45) is 2.30. The molecule has 0 bridgehead atoms. The highest BCUT2D eigenvalue weighted by Gasteiger charge is 2.05. The van der Waals surface area contributed by atoms with Crippen molar-refractivity contribution in [2.75, 3.05) is 18.5 Å². The van der Waals surface area contributed by atoms with Crippen LogP contribution in [0, 0.1) is 0 Å². The van der Waals surface area contributed by atoms with E-state index in [1.807, 2.05) is 13.8 Å². The molecule has 0 saturated carbocycles. The van der Waals surface area contributed by atoms with E-state index in [9.17, 15) is 4.79 Å². The van der Waals surface area contributed by atoms with E-state index in [4.69, 9.17) is 9.84 Å². The van der Waals surface area contributed by atoms with E-state index in [0.29, 0.717) is 5.69 Å². The van der Waals surface area contributed by atoms with Crippen LogP contribution in [0.2, 0.25) is 0 Å². The number of nitrogens with one attached hydrogen (secondary N) is 1. The number of anilines is 1. The molecule has 1 aromatic rings. The number of hydrogen-bond donors (Lipinski definition) is 2. The second-order valence-electron chi connectivity index (χ2n) is 4.27. The lowest BCUT2D eigenvalue weighted by molar-refractivity contribution is -0.136. The molecule has 1 aromatic heterocycles. The van der Waals surface area contributed by atoms with Gasteiger partial charge in [-0.25, -0.2) is 4.98 Å². The Kier molecular flexibility index (Phi) is 6.67. The molecule has 0 aliphatic carbocycles. The third-order valence-electron chi connectivity index (χ3n) is 2.18. The molecule has 2 N–H and O–H groups in total. The number of rotatable bonds is 9. The van der Waals surface area contributed by atoms with Crippen LogP contribution < -0.4 is 5.32 Å². The van der Waals surface area contributed by atoms with Crippen molar-refractivity contribution in [1.82, 2.24) is 4.98 Å². The van der Waals surface area contributed by atoms with Crippen molar-refractivity contribution in [3.8, 4) is 0 Å². The summed E-state index contributed by atoms with van der Waals surface area (Å²) in [6.45, 7) is 5.67. The summed E-state index contributed by atoms with van der Waals surface area (Å²) in [5.41, 5.74) is 0.609. The fourth-order valence-corrected chi connectivity index (χ4v) is 2.10. The molecule has 0 saturated heterocycles. The Labute approximate surface area is 111 Å². The smallest absolute Gasteiger partial charge is 0.309 e. The zero-order valence-corrected chi connectivity index (χ0v) is 11.6. The first-order chi connectivity index (χ1) is 8.58. The van der Waals surface area contributed by atoms with Crippen LogP contribution >= 0.6 is 11.3 Å². The zero-order chi connectivity index (χ0) is 13.4. The highest BCUT2D eigenvalue weighted by atomic mass is 32.1. The Bertz CT molecular complexity index is 366. The lowest BCUT2D eigenvalue weighted by atomic mass is 10.3. The van der Waals surface area contributed by atoms with Crippen LogP contribution in [0.1, 0.15) is 32.4 Å². The second kappa shape index (κ2) is 8.05. The van der Waals surface area contributed by atoms with E-state index in [0.717, 1.165) is 31.1 Å². The Balaban J connectivity index is 2.12. The van der Waals surface area contributed by atoms with Gasteiger partial charge >= 0.3 is 5.97 Å². The summed E-state index contributed by atoms with van der Waals surface area (Å²) in [5, 5.41) is 14.4. The average molecular weight is 272 g/mol. The molecule has 1 rings (SSSR count). The molecule has 0 aliphatic heterocycles. The van der Waals surface area contributed by atoms with Gasteiger partial charge in [0.1, 0.15) is 0 Å². The molecule has 0 atom stereocenters. The van der Waals surface area contributed by atoms with Gasteiger partial charge in [0.2, 0.25) is 0 Å². The van der Waals surface area contributed by atoms with E-state index in [1.165, 1.54) is 11.3 Å². The van der Waals surface area contributed by atoms with Gasteiger partial charge in [-0.2, -0.15) is 0 Å². The average Bonchev–Trinajstić information content (AvgIpc) is 2.69. The van der Waals surface area contributed by atoms with Crippen molar-refractivity contribution in [1.29, 1.82) is 0 Å².